The average molecular weight is 339 g/mol. The summed E-state index contributed by atoms with van der Waals surface area (Å²) in [6, 6.07) is 18.5. The Labute approximate surface area is 147 Å². The summed E-state index contributed by atoms with van der Waals surface area (Å²) in [5.41, 5.74) is 4.43. The van der Waals surface area contributed by atoms with E-state index in [0.717, 1.165) is 27.4 Å². The molecule has 1 aromatic heterocycles. The first-order valence-electron chi connectivity index (χ1n) is 6.79. The van der Waals surface area contributed by atoms with Crippen molar-refractivity contribution in [3.05, 3.63) is 71.5 Å². The predicted molar refractivity (Wildman–Crippen MR) is 88.6 cm³/mol. The van der Waals surface area contributed by atoms with E-state index in [9.17, 15) is 0 Å². The Kier molecular flexibility index (Phi) is 5.63. The number of aromatic nitrogens is 1. The number of hydrogen-bond acceptors (Lipinski definition) is 2. The standard InChI is InChI=1S/C19H14NS.V/c1-3-7-15-10-12-16(13-11-15)18-14(2)21-19(20-18)17-8-5-4-6-9-17;/h4-6,8-13H,7H2,2H3;/q-1;. The molecule has 1 heterocycles. The normalized spacial score (nSPS) is 9.82. The van der Waals surface area contributed by atoms with Crippen LogP contribution in [-0.4, -0.2) is 4.98 Å². The number of benzene rings is 2. The Morgan fingerprint density at radius 2 is 1.68 bits per heavy atom. The Morgan fingerprint density at radius 1 is 1.00 bits per heavy atom. The van der Waals surface area contributed by atoms with E-state index in [2.05, 4.69) is 37.1 Å². The van der Waals surface area contributed by atoms with Gasteiger partial charge in [-0.2, -0.15) is 0 Å². The minimum absolute atomic E-state index is 0. The van der Waals surface area contributed by atoms with Crippen molar-refractivity contribution in [2.75, 3.05) is 0 Å². The molecular weight excluding hydrogens is 325 g/mol. The van der Waals surface area contributed by atoms with Gasteiger partial charge in [-0.25, -0.2) is 4.98 Å². The monoisotopic (exact) mass is 339 g/mol. The molecule has 22 heavy (non-hydrogen) atoms. The number of rotatable bonds is 3. The smallest absolute Gasteiger partial charge is 0.124 e. The van der Waals surface area contributed by atoms with Crippen molar-refractivity contribution in [1.82, 2.24) is 4.98 Å². The molecule has 0 atom stereocenters. The second kappa shape index (κ2) is 7.47. The molecule has 3 aromatic rings. The third-order valence-corrected chi connectivity index (χ3v) is 4.36. The largest absolute Gasteiger partial charge is 0.693 e. The van der Waals surface area contributed by atoms with Gasteiger partial charge < -0.3 is 12.3 Å². The SMILES string of the molecule is [C-]#CCc1ccc(-c2nc(-c3ccccc3)sc2C)cc1.[V]. The fourth-order valence-electron chi connectivity index (χ4n) is 2.25. The van der Waals surface area contributed by atoms with Crippen LogP contribution in [0.25, 0.3) is 21.8 Å². The first-order chi connectivity index (χ1) is 10.3. The summed E-state index contributed by atoms with van der Waals surface area (Å²) in [6.45, 7) is 2.11. The van der Waals surface area contributed by atoms with Crippen LogP contribution >= 0.6 is 11.3 Å². The van der Waals surface area contributed by atoms with Gasteiger partial charge in [-0.05, 0) is 18.9 Å². The molecule has 1 nitrogen and oxygen atoms in total. The van der Waals surface area contributed by atoms with Gasteiger partial charge in [-0.15, -0.1) is 11.3 Å². The van der Waals surface area contributed by atoms with E-state index in [4.69, 9.17) is 11.4 Å². The summed E-state index contributed by atoms with van der Waals surface area (Å²) >= 11 is 1.72. The van der Waals surface area contributed by atoms with E-state index < -0.39 is 0 Å². The molecule has 2 aromatic carbocycles. The van der Waals surface area contributed by atoms with E-state index >= 15 is 0 Å². The minimum atomic E-state index is 0. The average Bonchev–Trinajstić information content (AvgIpc) is 2.91. The van der Waals surface area contributed by atoms with Gasteiger partial charge in [0.2, 0.25) is 0 Å². The van der Waals surface area contributed by atoms with Gasteiger partial charge >= 0.3 is 0 Å². The van der Waals surface area contributed by atoms with Crippen LogP contribution in [0.15, 0.2) is 54.6 Å². The quantitative estimate of drug-likeness (QED) is 0.488. The number of thiazole rings is 1. The molecule has 3 rings (SSSR count). The van der Waals surface area contributed by atoms with Crippen molar-refractivity contribution in [3.63, 3.8) is 0 Å². The third kappa shape index (κ3) is 3.51. The molecule has 0 aliphatic heterocycles. The fraction of sp³-hybridized carbons (Fsp3) is 0.105. The molecule has 0 N–H and O–H groups in total. The zero-order chi connectivity index (χ0) is 14.7. The zero-order valence-corrected chi connectivity index (χ0v) is 14.4. The molecule has 3 heteroatoms. The van der Waals surface area contributed by atoms with E-state index in [1.54, 1.807) is 11.3 Å². The molecule has 0 bridgehead atoms. The topological polar surface area (TPSA) is 12.9 Å². The summed E-state index contributed by atoms with van der Waals surface area (Å²) in [4.78, 5) is 6.01. The maximum Gasteiger partial charge on any atom is 0.124 e. The van der Waals surface area contributed by atoms with Crippen LogP contribution in [-0.2, 0) is 25.0 Å². The molecular formula is C19H14NSV-. The van der Waals surface area contributed by atoms with E-state index in [-0.39, 0.29) is 18.6 Å². The molecule has 0 aliphatic carbocycles. The van der Waals surface area contributed by atoms with Crippen LogP contribution in [0.5, 0.6) is 0 Å². The molecule has 0 saturated carbocycles. The number of hydrogen-bond donors (Lipinski definition) is 0. The molecule has 107 valence electrons. The van der Waals surface area contributed by atoms with Crippen LogP contribution in [0.4, 0.5) is 0 Å². The summed E-state index contributed by atoms with van der Waals surface area (Å²) in [5, 5.41) is 1.06. The number of nitrogens with zero attached hydrogens (tertiary/aromatic N) is 1. The van der Waals surface area contributed by atoms with Crippen LogP contribution in [0.2, 0.25) is 0 Å². The Balaban J connectivity index is 0.00000176. The summed E-state index contributed by atoms with van der Waals surface area (Å²) < 4.78 is 0. The van der Waals surface area contributed by atoms with Gasteiger partial charge in [0, 0.05) is 34.6 Å². The maximum atomic E-state index is 7.03. The van der Waals surface area contributed by atoms with Crippen molar-refractivity contribution in [3.8, 4) is 27.7 Å². The van der Waals surface area contributed by atoms with Gasteiger partial charge in [0.05, 0.1) is 5.69 Å². The van der Waals surface area contributed by atoms with Crippen molar-refractivity contribution in [2.45, 2.75) is 13.3 Å². The van der Waals surface area contributed by atoms with E-state index in [0.29, 0.717) is 6.42 Å². The summed E-state index contributed by atoms with van der Waals surface area (Å²) in [6.07, 6.45) is 7.59. The Hall–Kier alpha value is -1.79. The zero-order valence-electron chi connectivity index (χ0n) is 12.2. The molecule has 0 spiro atoms. The first-order valence-corrected chi connectivity index (χ1v) is 7.61. The van der Waals surface area contributed by atoms with Crippen molar-refractivity contribution < 1.29 is 18.6 Å². The Bertz CT molecular complexity index is 783. The van der Waals surface area contributed by atoms with Gasteiger partial charge in [0.1, 0.15) is 5.01 Å². The van der Waals surface area contributed by atoms with E-state index in [1.807, 2.05) is 30.3 Å². The first kappa shape index (κ1) is 16.6. The van der Waals surface area contributed by atoms with Crippen molar-refractivity contribution in [1.29, 1.82) is 0 Å². The molecule has 0 unspecified atom stereocenters. The van der Waals surface area contributed by atoms with E-state index in [1.165, 1.54) is 4.88 Å². The second-order valence-corrected chi connectivity index (χ2v) is 6.04. The van der Waals surface area contributed by atoms with Crippen LogP contribution in [0, 0.1) is 19.3 Å². The Morgan fingerprint density at radius 3 is 2.32 bits per heavy atom. The van der Waals surface area contributed by atoms with Gasteiger partial charge in [-0.3, -0.25) is 0 Å². The minimum Gasteiger partial charge on any atom is -0.693 e. The van der Waals surface area contributed by atoms with Crippen molar-refractivity contribution in [2.24, 2.45) is 0 Å². The molecule has 1 radical (unpaired) electrons. The predicted octanol–water partition coefficient (Wildman–Crippen LogP) is 4.92. The van der Waals surface area contributed by atoms with Gasteiger partial charge in [0.25, 0.3) is 0 Å². The van der Waals surface area contributed by atoms with Crippen LogP contribution in [0.3, 0.4) is 0 Å². The molecule has 0 fully saturated rings. The second-order valence-electron chi connectivity index (χ2n) is 4.84. The maximum absolute atomic E-state index is 7.03. The number of aryl methyl sites for hydroxylation is 1. The molecule has 0 aliphatic rings. The molecule has 0 saturated heterocycles. The van der Waals surface area contributed by atoms with Crippen LogP contribution in [0.1, 0.15) is 10.4 Å². The van der Waals surface area contributed by atoms with Crippen LogP contribution < -0.4 is 0 Å². The summed E-state index contributed by atoms with van der Waals surface area (Å²) in [7, 11) is 0. The van der Waals surface area contributed by atoms with Crippen molar-refractivity contribution >= 4 is 11.3 Å². The third-order valence-electron chi connectivity index (χ3n) is 3.34. The summed E-state index contributed by atoms with van der Waals surface area (Å²) in [5.74, 6) is 2.42. The van der Waals surface area contributed by atoms with Gasteiger partial charge in [-0.1, -0.05) is 54.6 Å². The fourth-order valence-corrected chi connectivity index (χ4v) is 3.19. The molecule has 0 amide bonds. The van der Waals surface area contributed by atoms with Gasteiger partial charge in [0.15, 0.2) is 0 Å².